The number of nitrogens with zero attached hydrogens (tertiary/aromatic N) is 1. The van der Waals surface area contributed by atoms with Crippen LogP contribution in [0.3, 0.4) is 0 Å². The van der Waals surface area contributed by atoms with E-state index < -0.39 is 0 Å². The highest BCUT2D eigenvalue weighted by molar-refractivity contribution is 5.85. The number of unbranched alkanes of at least 4 members (excludes halogenated alkanes) is 11. The van der Waals surface area contributed by atoms with Gasteiger partial charge in [0.2, 0.25) is 0 Å². The first-order chi connectivity index (χ1) is 11.5. The van der Waals surface area contributed by atoms with Crippen molar-refractivity contribution in [2.24, 2.45) is 0 Å². The zero-order valence-corrected chi connectivity index (χ0v) is 18.4. The van der Waals surface area contributed by atoms with Gasteiger partial charge in [-0.1, -0.05) is 77.6 Å². The van der Waals surface area contributed by atoms with Crippen LogP contribution in [0.2, 0.25) is 0 Å². The lowest BCUT2D eigenvalue weighted by molar-refractivity contribution is 0.179. The molecular formula is C21H45ClN2O. The molecule has 0 aromatic carbocycles. The van der Waals surface area contributed by atoms with Crippen molar-refractivity contribution in [1.82, 2.24) is 10.2 Å². The molecule has 0 aromatic rings. The van der Waals surface area contributed by atoms with Gasteiger partial charge >= 0.3 is 6.03 Å². The summed E-state index contributed by atoms with van der Waals surface area (Å²) < 4.78 is 0. The number of hydrogen-bond acceptors (Lipinski definition) is 1. The van der Waals surface area contributed by atoms with Gasteiger partial charge in [-0.25, -0.2) is 4.79 Å². The van der Waals surface area contributed by atoms with Crippen LogP contribution in [0, 0.1) is 0 Å². The molecule has 0 radical (unpaired) electrons. The Bertz CT molecular complexity index is 296. The fraction of sp³-hybridized carbons (Fsp3) is 0.952. The molecule has 0 aliphatic carbocycles. The SMILES string of the molecule is CCCCCCCCCCCCCCN(C(=O)NC(C)C)C(C)C.Cl. The van der Waals surface area contributed by atoms with Crippen LogP contribution in [0.1, 0.15) is 112 Å². The molecule has 152 valence electrons. The second-order valence-corrected chi connectivity index (χ2v) is 7.78. The van der Waals surface area contributed by atoms with E-state index in [1.165, 1.54) is 70.6 Å². The number of amides is 2. The van der Waals surface area contributed by atoms with E-state index in [1.807, 2.05) is 18.7 Å². The number of rotatable bonds is 15. The molecule has 1 N–H and O–H groups in total. The topological polar surface area (TPSA) is 32.3 Å². The summed E-state index contributed by atoms with van der Waals surface area (Å²) in [7, 11) is 0. The summed E-state index contributed by atoms with van der Waals surface area (Å²) in [5, 5.41) is 3.00. The average molecular weight is 377 g/mol. The number of halogens is 1. The largest absolute Gasteiger partial charge is 0.336 e. The molecule has 0 aliphatic rings. The zero-order valence-electron chi connectivity index (χ0n) is 17.6. The second-order valence-electron chi connectivity index (χ2n) is 7.78. The van der Waals surface area contributed by atoms with Crippen LogP contribution < -0.4 is 5.32 Å². The molecule has 0 rings (SSSR count). The van der Waals surface area contributed by atoms with Crippen molar-refractivity contribution in [2.45, 2.75) is 124 Å². The Labute approximate surface area is 164 Å². The lowest BCUT2D eigenvalue weighted by Gasteiger charge is -2.28. The predicted octanol–water partition coefficient (Wildman–Crippen LogP) is 6.94. The molecule has 2 amide bonds. The molecule has 0 saturated heterocycles. The van der Waals surface area contributed by atoms with Crippen LogP contribution in [-0.4, -0.2) is 29.6 Å². The summed E-state index contributed by atoms with van der Waals surface area (Å²) in [5.74, 6) is 0. The first kappa shape index (κ1) is 26.8. The molecule has 0 bridgehead atoms. The van der Waals surface area contributed by atoms with E-state index in [0.29, 0.717) is 0 Å². The second kappa shape index (κ2) is 18.4. The van der Waals surface area contributed by atoms with Gasteiger partial charge in [-0.05, 0) is 34.1 Å². The highest BCUT2D eigenvalue weighted by Crippen LogP contribution is 2.12. The highest BCUT2D eigenvalue weighted by atomic mass is 35.5. The minimum Gasteiger partial charge on any atom is -0.336 e. The maximum Gasteiger partial charge on any atom is 0.317 e. The lowest BCUT2D eigenvalue weighted by atomic mass is 10.1. The molecular weight excluding hydrogens is 332 g/mol. The maximum absolute atomic E-state index is 12.1. The van der Waals surface area contributed by atoms with Gasteiger partial charge in [-0.15, -0.1) is 12.4 Å². The van der Waals surface area contributed by atoms with E-state index in [0.717, 1.165) is 13.0 Å². The van der Waals surface area contributed by atoms with Crippen LogP contribution in [0.15, 0.2) is 0 Å². The molecule has 0 spiro atoms. The smallest absolute Gasteiger partial charge is 0.317 e. The predicted molar refractivity (Wildman–Crippen MR) is 114 cm³/mol. The Morgan fingerprint density at radius 1 is 0.760 bits per heavy atom. The fourth-order valence-electron chi connectivity index (χ4n) is 3.05. The average Bonchev–Trinajstić information content (AvgIpc) is 2.50. The lowest BCUT2D eigenvalue weighted by Crippen LogP contribution is -2.46. The third-order valence-corrected chi connectivity index (χ3v) is 4.55. The molecule has 0 atom stereocenters. The van der Waals surface area contributed by atoms with E-state index in [2.05, 4.69) is 26.1 Å². The Morgan fingerprint density at radius 2 is 1.16 bits per heavy atom. The summed E-state index contributed by atoms with van der Waals surface area (Å²) in [6, 6.07) is 0.570. The van der Waals surface area contributed by atoms with Crippen LogP contribution in [0.25, 0.3) is 0 Å². The normalized spacial score (nSPS) is 10.8. The van der Waals surface area contributed by atoms with Crippen molar-refractivity contribution in [1.29, 1.82) is 0 Å². The molecule has 0 saturated carbocycles. The van der Waals surface area contributed by atoms with Crippen molar-refractivity contribution in [2.75, 3.05) is 6.54 Å². The summed E-state index contributed by atoms with van der Waals surface area (Å²) in [4.78, 5) is 14.1. The van der Waals surface area contributed by atoms with Gasteiger partial charge in [0.25, 0.3) is 0 Å². The summed E-state index contributed by atoms with van der Waals surface area (Å²) in [6.45, 7) is 11.4. The van der Waals surface area contributed by atoms with Gasteiger partial charge in [-0.3, -0.25) is 0 Å². The monoisotopic (exact) mass is 376 g/mol. The highest BCUT2D eigenvalue weighted by Gasteiger charge is 2.16. The van der Waals surface area contributed by atoms with Gasteiger partial charge in [0.1, 0.15) is 0 Å². The number of nitrogens with one attached hydrogen (secondary N) is 1. The van der Waals surface area contributed by atoms with E-state index in [9.17, 15) is 4.79 Å². The number of hydrogen-bond donors (Lipinski definition) is 1. The quantitative estimate of drug-likeness (QED) is 0.308. The summed E-state index contributed by atoms with van der Waals surface area (Å²) in [5.41, 5.74) is 0. The minimum absolute atomic E-state index is 0. The van der Waals surface area contributed by atoms with Gasteiger partial charge in [0.15, 0.2) is 0 Å². The minimum atomic E-state index is 0. The van der Waals surface area contributed by atoms with Crippen molar-refractivity contribution < 1.29 is 4.79 Å². The van der Waals surface area contributed by atoms with E-state index in [1.54, 1.807) is 0 Å². The van der Waals surface area contributed by atoms with Crippen molar-refractivity contribution in [3.8, 4) is 0 Å². The Balaban J connectivity index is 0. The van der Waals surface area contributed by atoms with Crippen LogP contribution in [0.5, 0.6) is 0 Å². The first-order valence-corrected chi connectivity index (χ1v) is 10.6. The molecule has 0 unspecified atom stereocenters. The van der Waals surface area contributed by atoms with Crippen LogP contribution in [-0.2, 0) is 0 Å². The third-order valence-electron chi connectivity index (χ3n) is 4.55. The van der Waals surface area contributed by atoms with Gasteiger partial charge in [0, 0.05) is 18.6 Å². The molecule has 0 aliphatic heterocycles. The van der Waals surface area contributed by atoms with Crippen molar-refractivity contribution >= 4 is 18.4 Å². The molecule has 0 aromatic heterocycles. The van der Waals surface area contributed by atoms with Gasteiger partial charge < -0.3 is 10.2 Å². The number of carbonyl (C=O) groups excluding carboxylic acids is 1. The van der Waals surface area contributed by atoms with Crippen LogP contribution >= 0.6 is 12.4 Å². The van der Waals surface area contributed by atoms with E-state index in [-0.39, 0.29) is 30.5 Å². The molecule has 3 nitrogen and oxygen atoms in total. The van der Waals surface area contributed by atoms with Crippen molar-refractivity contribution in [3.05, 3.63) is 0 Å². The Morgan fingerprint density at radius 3 is 1.52 bits per heavy atom. The Kier molecular flexibility index (Phi) is 19.7. The maximum atomic E-state index is 12.1. The standard InChI is InChI=1S/C21H44N2O.ClH/c1-6-7-8-9-10-11-12-13-14-15-16-17-18-23(20(4)5)21(24)22-19(2)3;/h19-20H,6-18H2,1-5H3,(H,22,24);1H. The first-order valence-electron chi connectivity index (χ1n) is 10.6. The molecule has 0 heterocycles. The van der Waals surface area contributed by atoms with E-state index >= 15 is 0 Å². The summed E-state index contributed by atoms with van der Waals surface area (Å²) in [6.07, 6.45) is 16.3. The van der Waals surface area contributed by atoms with Gasteiger partial charge in [0.05, 0.1) is 0 Å². The van der Waals surface area contributed by atoms with Crippen LogP contribution in [0.4, 0.5) is 4.79 Å². The van der Waals surface area contributed by atoms with E-state index in [4.69, 9.17) is 0 Å². The number of carbonyl (C=O) groups is 1. The Hall–Kier alpha value is -0.440. The van der Waals surface area contributed by atoms with Gasteiger partial charge in [-0.2, -0.15) is 0 Å². The zero-order chi connectivity index (χ0) is 18.2. The molecule has 0 fully saturated rings. The molecule has 25 heavy (non-hydrogen) atoms. The number of urea groups is 1. The third kappa shape index (κ3) is 16.8. The molecule has 4 heteroatoms. The van der Waals surface area contributed by atoms with Crippen molar-refractivity contribution in [3.63, 3.8) is 0 Å². The summed E-state index contributed by atoms with van der Waals surface area (Å²) >= 11 is 0. The fourth-order valence-corrected chi connectivity index (χ4v) is 3.05.